The van der Waals surface area contributed by atoms with Gasteiger partial charge in [-0.25, -0.2) is 0 Å². The summed E-state index contributed by atoms with van der Waals surface area (Å²) in [5, 5.41) is 3.87. The van der Waals surface area contributed by atoms with Gasteiger partial charge in [0.2, 0.25) is 5.78 Å². The predicted octanol–water partition coefficient (Wildman–Crippen LogP) is 7.40. The molecule has 0 saturated carbocycles. The van der Waals surface area contributed by atoms with Crippen molar-refractivity contribution in [2.24, 2.45) is 0 Å². The molecule has 0 aliphatic heterocycles. The number of carbonyl (C=O) groups is 3. The SMILES string of the molecule is Cc1ccc(NC(=O)c2c(SCC(=O)c3ccc(Cl)cc3)sc(C(=O)c3ccc(Cl)cc3)c2N)cc1. The number of rotatable bonds is 8. The van der Waals surface area contributed by atoms with Crippen LogP contribution in [0.2, 0.25) is 10.0 Å². The number of thioether (sulfide) groups is 1. The van der Waals surface area contributed by atoms with Crippen LogP contribution in [0.1, 0.15) is 41.5 Å². The maximum absolute atomic E-state index is 13.3. The van der Waals surface area contributed by atoms with E-state index < -0.39 is 5.91 Å². The van der Waals surface area contributed by atoms with Gasteiger partial charge in [-0.1, -0.05) is 40.9 Å². The van der Waals surface area contributed by atoms with Gasteiger partial charge >= 0.3 is 0 Å². The number of nitrogens with two attached hydrogens (primary N) is 1. The van der Waals surface area contributed by atoms with E-state index in [4.69, 9.17) is 28.9 Å². The van der Waals surface area contributed by atoms with Crippen LogP contribution in [0.15, 0.2) is 77.0 Å². The van der Waals surface area contributed by atoms with E-state index in [-0.39, 0.29) is 33.4 Å². The highest BCUT2D eigenvalue weighted by Crippen LogP contribution is 2.40. The molecule has 0 saturated heterocycles. The van der Waals surface area contributed by atoms with Crippen molar-refractivity contribution in [3.05, 3.63) is 110 Å². The molecule has 1 amide bonds. The summed E-state index contributed by atoms with van der Waals surface area (Å²) >= 11 is 14.1. The molecule has 4 rings (SSSR count). The number of thiophene rings is 1. The molecule has 5 nitrogen and oxygen atoms in total. The maximum atomic E-state index is 13.3. The van der Waals surface area contributed by atoms with Gasteiger partial charge in [0.25, 0.3) is 5.91 Å². The lowest BCUT2D eigenvalue weighted by atomic mass is 10.1. The highest BCUT2D eigenvalue weighted by atomic mass is 35.5. The van der Waals surface area contributed by atoms with Gasteiger partial charge in [-0.05, 0) is 67.6 Å². The zero-order valence-corrected chi connectivity index (χ0v) is 22.2. The smallest absolute Gasteiger partial charge is 0.259 e. The van der Waals surface area contributed by atoms with Gasteiger partial charge in [0.15, 0.2) is 5.78 Å². The molecule has 0 unspecified atom stereocenters. The Morgan fingerprint density at radius 2 is 1.42 bits per heavy atom. The lowest BCUT2D eigenvalue weighted by Gasteiger charge is -2.08. The van der Waals surface area contributed by atoms with Crippen LogP contribution >= 0.6 is 46.3 Å². The van der Waals surface area contributed by atoms with Crippen LogP contribution in [0.25, 0.3) is 0 Å². The van der Waals surface area contributed by atoms with E-state index in [1.54, 1.807) is 60.7 Å². The standard InChI is InChI=1S/C27H20Cl2N2O3S2/c1-15-2-12-20(13-3-15)31-26(34)22-23(30)25(24(33)17-6-10-19(29)11-7-17)36-27(22)35-14-21(32)16-4-8-18(28)9-5-16/h2-13H,14,30H2,1H3,(H,31,34). The Labute approximate surface area is 226 Å². The van der Waals surface area contributed by atoms with E-state index in [9.17, 15) is 14.4 Å². The van der Waals surface area contributed by atoms with Crippen molar-refractivity contribution in [1.29, 1.82) is 0 Å². The number of halogens is 2. The fourth-order valence-electron chi connectivity index (χ4n) is 3.32. The number of aryl methyl sites for hydroxylation is 1. The van der Waals surface area contributed by atoms with Gasteiger partial charge in [-0.3, -0.25) is 14.4 Å². The second-order valence-electron chi connectivity index (χ2n) is 7.88. The summed E-state index contributed by atoms with van der Waals surface area (Å²) in [5.74, 6) is -0.862. The topological polar surface area (TPSA) is 89.3 Å². The number of nitrogen functional groups attached to an aromatic ring is 1. The third-order valence-electron chi connectivity index (χ3n) is 5.26. The molecule has 0 bridgehead atoms. The van der Waals surface area contributed by atoms with Crippen LogP contribution in [0, 0.1) is 6.92 Å². The van der Waals surface area contributed by atoms with Crippen LogP contribution in [0.5, 0.6) is 0 Å². The van der Waals surface area contributed by atoms with Gasteiger partial charge in [0.05, 0.1) is 26.1 Å². The number of benzene rings is 3. The minimum Gasteiger partial charge on any atom is -0.397 e. The first-order valence-corrected chi connectivity index (χ1v) is 13.3. The Bertz CT molecular complexity index is 1430. The van der Waals surface area contributed by atoms with Crippen LogP contribution in [0.4, 0.5) is 11.4 Å². The minimum atomic E-state index is -0.454. The van der Waals surface area contributed by atoms with E-state index in [0.29, 0.717) is 31.1 Å². The molecular weight excluding hydrogens is 535 g/mol. The normalized spacial score (nSPS) is 10.8. The van der Waals surface area contributed by atoms with Gasteiger partial charge < -0.3 is 11.1 Å². The molecule has 1 aromatic heterocycles. The summed E-state index contributed by atoms with van der Waals surface area (Å²) in [6.45, 7) is 1.95. The second kappa shape index (κ2) is 11.3. The van der Waals surface area contributed by atoms with Crippen LogP contribution in [0.3, 0.4) is 0 Å². The summed E-state index contributed by atoms with van der Waals surface area (Å²) in [4.78, 5) is 39.5. The fraction of sp³-hybridized carbons (Fsp3) is 0.0741. The number of hydrogen-bond acceptors (Lipinski definition) is 6. The second-order valence-corrected chi connectivity index (χ2v) is 11.0. The Kier molecular flexibility index (Phi) is 8.16. The lowest BCUT2D eigenvalue weighted by Crippen LogP contribution is -2.15. The molecule has 0 fully saturated rings. The van der Waals surface area contributed by atoms with Gasteiger partial charge in [-0.2, -0.15) is 0 Å². The number of nitrogens with one attached hydrogen (secondary N) is 1. The molecule has 0 atom stereocenters. The largest absolute Gasteiger partial charge is 0.397 e. The van der Waals surface area contributed by atoms with Gasteiger partial charge in [-0.15, -0.1) is 23.1 Å². The van der Waals surface area contributed by atoms with Crippen molar-refractivity contribution < 1.29 is 14.4 Å². The summed E-state index contributed by atoms with van der Waals surface area (Å²) < 4.78 is 0.483. The third kappa shape index (κ3) is 5.99. The number of anilines is 2. The van der Waals surface area contributed by atoms with E-state index in [1.165, 1.54) is 11.8 Å². The van der Waals surface area contributed by atoms with Gasteiger partial charge in [0.1, 0.15) is 0 Å². The van der Waals surface area contributed by atoms with Crippen molar-refractivity contribution >= 4 is 75.1 Å². The average molecular weight is 556 g/mol. The van der Waals surface area contributed by atoms with Crippen molar-refractivity contribution in [3.63, 3.8) is 0 Å². The number of carbonyl (C=O) groups excluding carboxylic acids is 3. The Hall–Kier alpha value is -3.10. The van der Waals surface area contributed by atoms with E-state index in [0.717, 1.165) is 16.9 Å². The van der Waals surface area contributed by atoms with Crippen molar-refractivity contribution in [2.75, 3.05) is 16.8 Å². The average Bonchev–Trinajstić information content (AvgIpc) is 3.20. The van der Waals surface area contributed by atoms with E-state index >= 15 is 0 Å². The number of amides is 1. The quantitative estimate of drug-likeness (QED) is 0.175. The van der Waals surface area contributed by atoms with Crippen molar-refractivity contribution in [2.45, 2.75) is 11.1 Å². The highest BCUT2D eigenvalue weighted by Gasteiger charge is 2.27. The molecule has 36 heavy (non-hydrogen) atoms. The molecule has 0 aliphatic carbocycles. The first-order valence-electron chi connectivity index (χ1n) is 10.7. The number of Topliss-reactive ketones (excluding diaryl/α,β-unsaturated/α-hetero) is 1. The molecule has 0 spiro atoms. The fourth-order valence-corrected chi connectivity index (χ4v) is 5.92. The molecule has 9 heteroatoms. The first-order chi connectivity index (χ1) is 17.2. The van der Waals surface area contributed by atoms with Crippen molar-refractivity contribution in [3.8, 4) is 0 Å². The predicted molar refractivity (Wildman–Crippen MR) is 149 cm³/mol. The Balaban J connectivity index is 1.65. The third-order valence-corrected chi connectivity index (χ3v) is 8.24. The molecule has 1 heterocycles. The molecule has 3 N–H and O–H groups in total. The van der Waals surface area contributed by atoms with Crippen LogP contribution in [-0.2, 0) is 0 Å². The lowest BCUT2D eigenvalue weighted by molar-refractivity contribution is 0.101. The Morgan fingerprint density at radius 3 is 2.00 bits per heavy atom. The summed E-state index contributed by atoms with van der Waals surface area (Å²) in [7, 11) is 0. The highest BCUT2D eigenvalue weighted by molar-refractivity contribution is 8.01. The van der Waals surface area contributed by atoms with Crippen LogP contribution in [-0.4, -0.2) is 23.2 Å². The summed E-state index contributed by atoms with van der Waals surface area (Å²) in [6.07, 6.45) is 0. The zero-order chi connectivity index (χ0) is 25.8. The van der Waals surface area contributed by atoms with E-state index in [1.807, 2.05) is 19.1 Å². The maximum Gasteiger partial charge on any atom is 0.259 e. The number of hydrogen-bond donors (Lipinski definition) is 2. The monoisotopic (exact) mass is 554 g/mol. The number of ketones is 2. The summed E-state index contributed by atoms with van der Waals surface area (Å²) in [5.41, 5.74) is 9.16. The molecule has 3 aromatic carbocycles. The van der Waals surface area contributed by atoms with Crippen LogP contribution < -0.4 is 11.1 Å². The molecule has 182 valence electrons. The summed E-state index contributed by atoms with van der Waals surface area (Å²) in [6, 6.07) is 20.3. The minimum absolute atomic E-state index is 0.0565. The molecule has 4 aromatic rings. The molecule has 0 radical (unpaired) electrons. The first kappa shape index (κ1) is 26.0. The Morgan fingerprint density at radius 1 is 0.861 bits per heavy atom. The van der Waals surface area contributed by atoms with Gasteiger partial charge in [0, 0.05) is 26.9 Å². The molecule has 0 aliphatic rings. The van der Waals surface area contributed by atoms with E-state index in [2.05, 4.69) is 5.32 Å². The molecular formula is C27H20Cl2N2O3S2. The van der Waals surface area contributed by atoms with Crippen molar-refractivity contribution in [1.82, 2.24) is 0 Å². The zero-order valence-electron chi connectivity index (χ0n) is 19.0.